The minimum absolute atomic E-state index is 0.0353. The first kappa shape index (κ1) is 17.7. The monoisotopic (exact) mass is 357 g/mol. The number of nitrogens with zero attached hydrogens (tertiary/aromatic N) is 2. The van der Waals surface area contributed by atoms with Gasteiger partial charge in [-0.05, 0) is 25.1 Å². The highest BCUT2D eigenvalue weighted by Crippen LogP contribution is 2.34. The van der Waals surface area contributed by atoms with Gasteiger partial charge >= 0.3 is 6.18 Å². The fraction of sp³-hybridized carbons (Fsp3) is 0.133. The van der Waals surface area contributed by atoms with E-state index in [1.54, 1.807) is 0 Å². The van der Waals surface area contributed by atoms with Gasteiger partial charge in [0.15, 0.2) is 0 Å². The summed E-state index contributed by atoms with van der Waals surface area (Å²) in [6, 6.07) is 8.91. The van der Waals surface area contributed by atoms with Crippen LogP contribution in [-0.2, 0) is 6.18 Å². The lowest BCUT2D eigenvalue weighted by Gasteiger charge is -2.12. The summed E-state index contributed by atoms with van der Waals surface area (Å²) in [7, 11) is 0. The van der Waals surface area contributed by atoms with Gasteiger partial charge in [0.2, 0.25) is 0 Å². The molecule has 0 unspecified atom stereocenters. The molecule has 0 atom stereocenters. The maximum Gasteiger partial charge on any atom is 0.418 e. The number of nitro groups is 1. The zero-order valence-electron chi connectivity index (χ0n) is 12.3. The predicted octanol–water partition coefficient (Wildman–Crippen LogP) is 5.10. The highest BCUT2D eigenvalue weighted by atomic mass is 35.5. The van der Waals surface area contributed by atoms with Crippen LogP contribution in [0.3, 0.4) is 0 Å². The fourth-order valence-corrected chi connectivity index (χ4v) is 2.10. The number of benzene rings is 2. The predicted molar refractivity (Wildman–Crippen MR) is 85.4 cm³/mol. The number of para-hydroxylation sites is 1. The third-order valence-corrected chi connectivity index (χ3v) is 3.46. The van der Waals surface area contributed by atoms with E-state index in [9.17, 15) is 23.3 Å². The first-order valence-electron chi connectivity index (χ1n) is 6.61. The molecule has 24 heavy (non-hydrogen) atoms. The van der Waals surface area contributed by atoms with Crippen LogP contribution in [0.1, 0.15) is 18.1 Å². The Balaban J connectivity index is 2.31. The van der Waals surface area contributed by atoms with Crippen molar-refractivity contribution in [2.24, 2.45) is 5.10 Å². The Morgan fingerprint density at radius 3 is 2.54 bits per heavy atom. The van der Waals surface area contributed by atoms with E-state index in [2.05, 4.69) is 10.5 Å². The molecule has 0 bridgehead atoms. The van der Waals surface area contributed by atoms with Gasteiger partial charge in [0, 0.05) is 11.6 Å². The van der Waals surface area contributed by atoms with Gasteiger partial charge in [-0.15, -0.1) is 0 Å². The molecule has 0 spiro atoms. The van der Waals surface area contributed by atoms with Crippen LogP contribution in [0.4, 0.5) is 24.5 Å². The topological polar surface area (TPSA) is 67.5 Å². The van der Waals surface area contributed by atoms with Crippen LogP contribution in [0.25, 0.3) is 0 Å². The van der Waals surface area contributed by atoms with Gasteiger partial charge in [-0.2, -0.15) is 18.3 Å². The number of hydrogen-bond donors (Lipinski definition) is 1. The minimum Gasteiger partial charge on any atom is -0.278 e. The average Bonchev–Trinajstić information content (AvgIpc) is 2.52. The standard InChI is InChI=1S/C15H11ClF3N3O2/c1-9(10-6-7-12(16)14(8-10)22(23)24)20-21-13-5-3-2-4-11(13)15(17,18)19/h2-8,21H,1H3/b20-9+. The molecule has 126 valence electrons. The van der Waals surface area contributed by atoms with Crippen LogP contribution in [0.2, 0.25) is 5.02 Å². The van der Waals surface area contributed by atoms with Crippen molar-refractivity contribution < 1.29 is 18.1 Å². The molecule has 0 saturated carbocycles. The van der Waals surface area contributed by atoms with E-state index in [0.29, 0.717) is 5.56 Å². The maximum absolute atomic E-state index is 12.9. The number of nitrogens with one attached hydrogen (secondary N) is 1. The van der Waals surface area contributed by atoms with Crippen molar-refractivity contribution in [1.29, 1.82) is 0 Å². The van der Waals surface area contributed by atoms with E-state index in [0.717, 1.165) is 6.07 Å². The number of hydrazone groups is 1. The molecule has 0 heterocycles. The lowest BCUT2D eigenvalue weighted by Crippen LogP contribution is -2.09. The number of hydrogen-bond acceptors (Lipinski definition) is 4. The van der Waals surface area contributed by atoms with Gasteiger partial charge in [-0.1, -0.05) is 29.8 Å². The number of nitro benzene ring substituents is 1. The number of alkyl halides is 3. The molecule has 5 nitrogen and oxygen atoms in total. The van der Waals surface area contributed by atoms with Crippen molar-refractivity contribution in [3.63, 3.8) is 0 Å². The Morgan fingerprint density at radius 1 is 1.25 bits per heavy atom. The Hall–Kier alpha value is -2.61. The SMILES string of the molecule is C/C(=N\Nc1ccccc1C(F)(F)F)c1ccc(Cl)c([N+](=O)[O-])c1. The number of halogens is 4. The van der Waals surface area contributed by atoms with Gasteiger partial charge in [-0.25, -0.2) is 0 Å². The van der Waals surface area contributed by atoms with Gasteiger partial charge in [0.25, 0.3) is 5.69 Å². The molecule has 0 aliphatic rings. The molecule has 0 aromatic heterocycles. The van der Waals surface area contributed by atoms with E-state index in [4.69, 9.17) is 11.6 Å². The summed E-state index contributed by atoms with van der Waals surface area (Å²) in [4.78, 5) is 10.2. The normalized spacial score (nSPS) is 12.1. The van der Waals surface area contributed by atoms with Crippen LogP contribution in [0, 0.1) is 10.1 Å². The first-order chi connectivity index (χ1) is 11.2. The largest absolute Gasteiger partial charge is 0.418 e. The number of anilines is 1. The molecular formula is C15H11ClF3N3O2. The minimum atomic E-state index is -4.52. The maximum atomic E-state index is 12.9. The Labute approximate surface area is 139 Å². The highest BCUT2D eigenvalue weighted by Gasteiger charge is 2.33. The molecule has 2 aromatic carbocycles. The summed E-state index contributed by atoms with van der Waals surface area (Å²) in [6.45, 7) is 1.51. The van der Waals surface area contributed by atoms with Crippen molar-refractivity contribution >= 4 is 28.7 Å². The molecule has 1 N–H and O–H groups in total. The zero-order valence-corrected chi connectivity index (χ0v) is 13.0. The highest BCUT2D eigenvalue weighted by molar-refractivity contribution is 6.32. The van der Waals surface area contributed by atoms with E-state index in [1.165, 1.54) is 43.3 Å². The van der Waals surface area contributed by atoms with E-state index in [-0.39, 0.29) is 22.1 Å². The Morgan fingerprint density at radius 2 is 1.92 bits per heavy atom. The second kappa shape index (κ2) is 6.88. The molecule has 2 rings (SSSR count). The van der Waals surface area contributed by atoms with Gasteiger partial charge in [0.1, 0.15) is 5.02 Å². The molecule has 0 aliphatic carbocycles. The molecule has 0 fully saturated rings. The summed E-state index contributed by atoms with van der Waals surface area (Å²) in [5, 5.41) is 14.7. The van der Waals surface area contributed by atoms with Gasteiger partial charge < -0.3 is 0 Å². The quantitative estimate of drug-likeness (QED) is 0.470. The Kier molecular flexibility index (Phi) is 5.08. The van der Waals surface area contributed by atoms with Crippen LogP contribution in [0.5, 0.6) is 0 Å². The zero-order chi connectivity index (χ0) is 17.9. The van der Waals surface area contributed by atoms with E-state index >= 15 is 0 Å². The van der Waals surface area contributed by atoms with Crippen LogP contribution in [0.15, 0.2) is 47.6 Å². The van der Waals surface area contributed by atoms with Crippen molar-refractivity contribution in [3.05, 3.63) is 68.7 Å². The smallest absolute Gasteiger partial charge is 0.278 e. The summed E-state index contributed by atoms with van der Waals surface area (Å²) in [5.74, 6) is 0. The summed E-state index contributed by atoms with van der Waals surface area (Å²) < 4.78 is 38.7. The van der Waals surface area contributed by atoms with E-state index < -0.39 is 16.7 Å². The lowest BCUT2D eigenvalue weighted by molar-refractivity contribution is -0.384. The summed E-state index contributed by atoms with van der Waals surface area (Å²) in [5.41, 5.74) is 1.60. The third-order valence-electron chi connectivity index (χ3n) is 3.14. The molecule has 2 aromatic rings. The molecule has 9 heteroatoms. The molecule has 0 amide bonds. The second-order valence-electron chi connectivity index (χ2n) is 4.78. The first-order valence-corrected chi connectivity index (χ1v) is 6.99. The molecule has 0 aliphatic heterocycles. The van der Waals surface area contributed by atoms with Crippen molar-refractivity contribution in [2.45, 2.75) is 13.1 Å². The van der Waals surface area contributed by atoms with Crippen molar-refractivity contribution in [1.82, 2.24) is 0 Å². The molecule has 0 radical (unpaired) electrons. The summed E-state index contributed by atoms with van der Waals surface area (Å²) in [6.07, 6.45) is -4.52. The van der Waals surface area contributed by atoms with Crippen LogP contribution in [-0.4, -0.2) is 10.6 Å². The summed E-state index contributed by atoms with van der Waals surface area (Å²) >= 11 is 5.72. The van der Waals surface area contributed by atoms with Crippen molar-refractivity contribution in [3.8, 4) is 0 Å². The van der Waals surface area contributed by atoms with Gasteiger partial charge in [-0.3, -0.25) is 15.5 Å². The number of rotatable bonds is 4. The van der Waals surface area contributed by atoms with Crippen LogP contribution >= 0.6 is 11.6 Å². The van der Waals surface area contributed by atoms with Crippen LogP contribution < -0.4 is 5.43 Å². The lowest BCUT2D eigenvalue weighted by atomic mass is 10.1. The van der Waals surface area contributed by atoms with Gasteiger partial charge in [0.05, 0.1) is 21.9 Å². The molecular weight excluding hydrogens is 347 g/mol. The van der Waals surface area contributed by atoms with Crippen molar-refractivity contribution in [2.75, 3.05) is 5.43 Å². The average molecular weight is 358 g/mol. The molecule has 0 saturated heterocycles. The Bertz CT molecular complexity index is 807. The fourth-order valence-electron chi connectivity index (χ4n) is 1.91. The third kappa shape index (κ3) is 4.02. The van der Waals surface area contributed by atoms with E-state index in [1.807, 2.05) is 0 Å². The second-order valence-corrected chi connectivity index (χ2v) is 5.18.